The predicted octanol–water partition coefficient (Wildman–Crippen LogP) is 2.22. The molecular weight excluding hydrogens is 328 g/mol. The lowest BCUT2D eigenvalue weighted by atomic mass is 9.86. The van der Waals surface area contributed by atoms with E-state index in [1.807, 2.05) is 6.92 Å². The van der Waals surface area contributed by atoms with Gasteiger partial charge in [0.1, 0.15) is 5.75 Å². The summed E-state index contributed by atoms with van der Waals surface area (Å²) in [5.41, 5.74) is 2.34. The molecule has 6 nitrogen and oxygen atoms in total. The van der Waals surface area contributed by atoms with E-state index in [2.05, 4.69) is 10.3 Å². The minimum absolute atomic E-state index is 0.0891. The van der Waals surface area contributed by atoms with Gasteiger partial charge in [0.25, 0.3) is 10.0 Å². The summed E-state index contributed by atoms with van der Waals surface area (Å²) < 4.78 is 29.7. The maximum atomic E-state index is 12.2. The molecule has 2 bridgehead atoms. The van der Waals surface area contributed by atoms with E-state index in [-0.39, 0.29) is 10.8 Å². The maximum Gasteiger partial charge on any atom is 0.257 e. The van der Waals surface area contributed by atoms with Crippen molar-refractivity contribution in [2.24, 2.45) is 17.8 Å². The highest BCUT2D eigenvalue weighted by atomic mass is 32.2. The van der Waals surface area contributed by atoms with Crippen molar-refractivity contribution >= 4 is 15.9 Å². The number of ether oxygens (including phenoxy) is 1. The smallest absolute Gasteiger partial charge is 0.257 e. The molecule has 2 aliphatic carbocycles. The Hall–Kier alpha value is -1.60. The molecule has 0 aromatic heterocycles. The number of hydrogen-bond acceptors (Lipinski definition) is 4. The van der Waals surface area contributed by atoms with Gasteiger partial charge in [0.2, 0.25) is 5.91 Å². The van der Waals surface area contributed by atoms with E-state index in [0.29, 0.717) is 30.6 Å². The molecule has 132 valence electrons. The van der Waals surface area contributed by atoms with Crippen LogP contribution in [-0.4, -0.2) is 20.9 Å². The van der Waals surface area contributed by atoms with Gasteiger partial charge in [0.15, 0.2) is 0 Å². The van der Waals surface area contributed by atoms with Crippen LogP contribution in [0.4, 0.5) is 0 Å². The molecular formula is C17H24N2O4S. The fourth-order valence-electron chi connectivity index (χ4n) is 3.98. The number of fused-ring (bicyclic) bond motifs is 2. The van der Waals surface area contributed by atoms with Crippen molar-refractivity contribution in [2.75, 3.05) is 6.61 Å². The number of benzene rings is 1. The lowest BCUT2D eigenvalue weighted by Gasteiger charge is -2.20. The van der Waals surface area contributed by atoms with Gasteiger partial charge in [0.05, 0.1) is 11.5 Å². The molecule has 1 aromatic carbocycles. The molecule has 7 heteroatoms. The first kappa shape index (κ1) is 17.2. The van der Waals surface area contributed by atoms with Crippen LogP contribution in [0.25, 0.3) is 0 Å². The third-order valence-electron chi connectivity index (χ3n) is 5.10. The van der Waals surface area contributed by atoms with E-state index < -0.39 is 10.0 Å². The van der Waals surface area contributed by atoms with Crippen molar-refractivity contribution in [3.05, 3.63) is 24.3 Å². The Morgan fingerprint density at radius 1 is 1.21 bits per heavy atom. The third kappa shape index (κ3) is 3.89. The normalized spacial score (nSPS) is 25.6. The number of sulfonamides is 1. The summed E-state index contributed by atoms with van der Waals surface area (Å²) in [5.74, 6) is 2.16. The minimum Gasteiger partial charge on any atom is -0.494 e. The number of hydrogen-bond donors (Lipinski definition) is 2. The van der Waals surface area contributed by atoms with Crippen LogP contribution in [0.5, 0.6) is 5.75 Å². The fourth-order valence-corrected chi connectivity index (χ4v) is 4.84. The summed E-state index contributed by atoms with van der Waals surface area (Å²) >= 11 is 0. The van der Waals surface area contributed by atoms with Gasteiger partial charge in [0, 0.05) is 6.42 Å². The van der Waals surface area contributed by atoms with Crippen LogP contribution >= 0.6 is 0 Å². The van der Waals surface area contributed by atoms with E-state index in [1.54, 1.807) is 12.1 Å². The Morgan fingerprint density at radius 2 is 1.96 bits per heavy atom. The molecule has 2 saturated carbocycles. The predicted molar refractivity (Wildman–Crippen MR) is 89.6 cm³/mol. The van der Waals surface area contributed by atoms with Crippen LogP contribution in [-0.2, 0) is 14.8 Å². The Bertz CT molecular complexity index is 687. The zero-order chi connectivity index (χ0) is 17.2. The van der Waals surface area contributed by atoms with Gasteiger partial charge in [-0.25, -0.2) is 8.42 Å². The van der Waals surface area contributed by atoms with Gasteiger partial charge in [-0.15, -0.1) is 4.83 Å². The summed E-state index contributed by atoms with van der Waals surface area (Å²) in [4.78, 5) is 14.3. The van der Waals surface area contributed by atoms with Gasteiger partial charge in [-0.05, 0) is 68.2 Å². The zero-order valence-electron chi connectivity index (χ0n) is 13.8. The SMILES string of the molecule is CCOc1ccc(S(=O)(=O)NNC(=O)C[C@@H]2C[C@@H]3CC[C@@H]2C3)cc1. The number of rotatable bonds is 7. The summed E-state index contributed by atoms with van der Waals surface area (Å²) in [5, 5.41) is 0. The molecule has 0 heterocycles. The van der Waals surface area contributed by atoms with Crippen LogP contribution in [0.3, 0.4) is 0 Å². The van der Waals surface area contributed by atoms with E-state index >= 15 is 0 Å². The lowest BCUT2D eigenvalue weighted by molar-refractivity contribution is -0.122. The number of nitrogens with one attached hydrogen (secondary N) is 2. The van der Waals surface area contributed by atoms with Gasteiger partial charge in [-0.3, -0.25) is 10.2 Å². The average Bonchev–Trinajstić information content (AvgIpc) is 3.17. The minimum atomic E-state index is -3.77. The molecule has 2 fully saturated rings. The van der Waals surface area contributed by atoms with Crippen molar-refractivity contribution < 1.29 is 17.9 Å². The van der Waals surface area contributed by atoms with E-state index in [9.17, 15) is 13.2 Å². The van der Waals surface area contributed by atoms with Crippen LogP contribution in [0, 0.1) is 17.8 Å². The second-order valence-corrected chi connectivity index (χ2v) is 8.38. The van der Waals surface area contributed by atoms with Gasteiger partial charge in [-0.1, -0.05) is 6.42 Å². The Labute approximate surface area is 143 Å². The molecule has 2 aliphatic rings. The number of amides is 1. The highest BCUT2D eigenvalue weighted by molar-refractivity contribution is 7.89. The third-order valence-corrected chi connectivity index (χ3v) is 6.37. The van der Waals surface area contributed by atoms with Crippen molar-refractivity contribution in [2.45, 2.75) is 43.9 Å². The van der Waals surface area contributed by atoms with Gasteiger partial charge < -0.3 is 4.74 Å². The molecule has 2 N–H and O–H groups in total. The summed E-state index contributed by atoms with van der Waals surface area (Å²) in [6.45, 7) is 2.38. The Kier molecular flexibility index (Phi) is 5.10. The highest BCUT2D eigenvalue weighted by Crippen LogP contribution is 2.49. The Morgan fingerprint density at radius 3 is 2.54 bits per heavy atom. The maximum absolute atomic E-state index is 12.2. The number of hydrazine groups is 1. The molecule has 0 spiro atoms. The second-order valence-electron chi connectivity index (χ2n) is 6.70. The molecule has 3 rings (SSSR count). The van der Waals surface area contributed by atoms with Gasteiger partial charge >= 0.3 is 0 Å². The van der Waals surface area contributed by atoms with Crippen molar-refractivity contribution in [3.8, 4) is 5.75 Å². The molecule has 1 aromatic rings. The monoisotopic (exact) mass is 352 g/mol. The fraction of sp³-hybridized carbons (Fsp3) is 0.588. The van der Waals surface area contributed by atoms with E-state index in [0.717, 1.165) is 12.3 Å². The molecule has 0 unspecified atom stereocenters. The zero-order valence-corrected chi connectivity index (χ0v) is 14.6. The second kappa shape index (κ2) is 7.11. The quantitative estimate of drug-likeness (QED) is 0.737. The van der Waals surface area contributed by atoms with Crippen LogP contribution in [0.1, 0.15) is 39.0 Å². The van der Waals surface area contributed by atoms with Crippen molar-refractivity contribution in [1.29, 1.82) is 0 Å². The molecule has 0 saturated heterocycles. The topological polar surface area (TPSA) is 84.5 Å². The standard InChI is InChI=1S/C17H24N2O4S/c1-2-23-15-5-7-16(8-6-15)24(21,22)19-18-17(20)11-14-10-12-3-4-13(14)9-12/h5-8,12-14,19H,2-4,9-11H2,1H3,(H,18,20)/t12-,13-,14+/m1/s1. The summed E-state index contributed by atoms with van der Waals surface area (Å²) in [7, 11) is -3.77. The van der Waals surface area contributed by atoms with E-state index in [4.69, 9.17) is 4.74 Å². The lowest BCUT2D eigenvalue weighted by Crippen LogP contribution is -2.42. The highest BCUT2D eigenvalue weighted by Gasteiger charge is 2.40. The number of carbonyl (C=O) groups is 1. The first-order valence-electron chi connectivity index (χ1n) is 8.51. The first-order valence-corrected chi connectivity index (χ1v) is 9.99. The van der Waals surface area contributed by atoms with Crippen LogP contribution < -0.4 is 15.0 Å². The van der Waals surface area contributed by atoms with E-state index in [1.165, 1.54) is 31.4 Å². The average molecular weight is 352 g/mol. The molecule has 24 heavy (non-hydrogen) atoms. The Balaban J connectivity index is 1.51. The molecule has 0 radical (unpaired) electrons. The number of carbonyl (C=O) groups excluding carboxylic acids is 1. The van der Waals surface area contributed by atoms with Gasteiger partial charge in [-0.2, -0.15) is 0 Å². The molecule has 0 aliphatic heterocycles. The van der Waals surface area contributed by atoms with Crippen LogP contribution in [0.15, 0.2) is 29.2 Å². The van der Waals surface area contributed by atoms with Crippen molar-refractivity contribution in [3.63, 3.8) is 0 Å². The molecule has 3 atom stereocenters. The summed E-state index contributed by atoms with van der Waals surface area (Å²) in [6.07, 6.45) is 5.22. The summed E-state index contributed by atoms with van der Waals surface area (Å²) in [6, 6.07) is 6.09. The largest absolute Gasteiger partial charge is 0.494 e. The molecule has 1 amide bonds. The first-order chi connectivity index (χ1) is 11.5. The van der Waals surface area contributed by atoms with Crippen LogP contribution in [0.2, 0.25) is 0 Å². The van der Waals surface area contributed by atoms with Crippen molar-refractivity contribution in [1.82, 2.24) is 10.3 Å².